The van der Waals surface area contributed by atoms with Gasteiger partial charge >= 0.3 is 0 Å². The Bertz CT molecular complexity index is 871. The number of aromatic nitrogens is 2. The number of rotatable bonds is 6. The highest BCUT2D eigenvalue weighted by Crippen LogP contribution is 2.25. The molecule has 1 aliphatic heterocycles. The Kier molecular flexibility index (Phi) is 5.30. The lowest BCUT2D eigenvalue weighted by molar-refractivity contribution is -0.117. The minimum absolute atomic E-state index is 0.00850. The zero-order chi connectivity index (χ0) is 19.4. The van der Waals surface area contributed by atoms with E-state index in [2.05, 4.69) is 27.2 Å². The Balaban J connectivity index is 1.81. The van der Waals surface area contributed by atoms with Crippen molar-refractivity contribution in [3.05, 3.63) is 54.6 Å². The van der Waals surface area contributed by atoms with Crippen LogP contribution in [0.3, 0.4) is 0 Å². The van der Waals surface area contributed by atoms with Crippen molar-refractivity contribution in [1.82, 2.24) is 15.3 Å². The standard InChI is InChI=1S/C18H19FN6O2/c1-2-16(26)22-12-7-8-25(10-12)15-6-4-13(17(20)27)18(24-15)23-11-3-5-14(19)21-9-11/h2-6,9,12H,1,7-8,10H2,(H2,20,27)(H,22,26)(H,23,24). The van der Waals surface area contributed by atoms with Gasteiger partial charge < -0.3 is 21.3 Å². The van der Waals surface area contributed by atoms with Crippen molar-refractivity contribution >= 4 is 29.1 Å². The third-order valence-corrected chi connectivity index (χ3v) is 4.18. The van der Waals surface area contributed by atoms with E-state index in [4.69, 9.17) is 5.73 Å². The average Bonchev–Trinajstić information content (AvgIpc) is 3.11. The highest BCUT2D eigenvalue weighted by atomic mass is 19.1. The van der Waals surface area contributed by atoms with E-state index in [-0.39, 0.29) is 23.3 Å². The number of carbonyl (C=O) groups excluding carboxylic acids is 2. The molecule has 3 rings (SSSR count). The molecule has 1 unspecified atom stereocenters. The largest absolute Gasteiger partial charge is 0.365 e. The molecule has 1 saturated heterocycles. The summed E-state index contributed by atoms with van der Waals surface area (Å²) >= 11 is 0. The summed E-state index contributed by atoms with van der Waals surface area (Å²) in [4.78, 5) is 33.2. The van der Waals surface area contributed by atoms with Gasteiger partial charge in [-0.1, -0.05) is 6.58 Å². The molecule has 140 valence electrons. The summed E-state index contributed by atoms with van der Waals surface area (Å²) in [5.74, 6) is -0.573. The maximum absolute atomic E-state index is 13.0. The SMILES string of the molecule is C=CC(=O)NC1CCN(c2ccc(C(N)=O)c(Nc3ccc(F)nc3)n2)C1. The predicted molar refractivity (Wildman–Crippen MR) is 99.2 cm³/mol. The highest BCUT2D eigenvalue weighted by Gasteiger charge is 2.25. The Morgan fingerprint density at radius 1 is 1.33 bits per heavy atom. The van der Waals surface area contributed by atoms with Crippen molar-refractivity contribution in [3.8, 4) is 0 Å². The van der Waals surface area contributed by atoms with Crippen molar-refractivity contribution in [2.45, 2.75) is 12.5 Å². The van der Waals surface area contributed by atoms with E-state index < -0.39 is 11.9 Å². The fraction of sp³-hybridized carbons (Fsp3) is 0.222. The molecule has 1 aliphatic rings. The predicted octanol–water partition coefficient (Wildman–Crippen LogP) is 1.34. The average molecular weight is 370 g/mol. The van der Waals surface area contributed by atoms with E-state index in [0.29, 0.717) is 24.6 Å². The molecular weight excluding hydrogens is 351 g/mol. The third-order valence-electron chi connectivity index (χ3n) is 4.18. The summed E-state index contributed by atoms with van der Waals surface area (Å²) in [6.45, 7) is 4.72. The van der Waals surface area contributed by atoms with Crippen molar-refractivity contribution in [3.63, 3.8) is 0 Å². The van der Waals surface area contributed by atoms with Crippen LogP contribution in [0.25, 0.3) is 0 Å². The van der Waals surface area contributed by atoms with Crippen molar-refractivity contribution in [2.75, 3.05) is 23.3 Å². The van der Waals surface area contributed by atoms with Gasteiger partial charge in [-0.3, -0.25) is 9.59 Å². The molecule has 0 aliphatic carbocycles. The minimum atomic E-state index is -0.635. The number of carbonyl (C=O) groups is 2. The van der Waals surface area contributed by atoms with Crippen LogP contribution in [0.1, 0.15) is 16.8 Å². The molecule has 27 heavy (non-hydrogen) atoms. The van der Waals surface area contributed by atoms with Gasteiger partial charge in [0.2, 0.25) is 11.9 Å². The van der Waals surface area contributed by atoms with Crippen molar-refractivity contribution in [1.29, 1.82) is 0 Å². The Morgan fingerprint density at radius 3 is 2.81 bits per heavy atom. The molecule has 0 spiro atoms. The topological polar surface area (TPSA) is 113 Å². The molecule has 0 saturated carbocycles. The van der Waals surface area contributed by atoms with Crippen molar-refractivity contribution < 1.29 is 14.0 Å². The molecule has 0 bridgehead atoms. The summed E-state index contributed by atoms with van der Waals surface area (Å²) in [6.07, 6.45) is 3.30. The first-order valence-corrected chi connectivity index (χ1v) is 8.33. The van der Waals surface area contributed by atoms with E-state index in [9.17, 15) is 14.0 Å². The number of nitrogens with zero attached hydrogens (tertiary/aromatic N) is 3. The van der Waals surface area contributed by atoms with Gasteiger partial charge in [0, 0.05) is 19.1 Å². The van der Waals surface area contributed by atoms with Gasteiger partial charge in [-0.05, 0) is 36.8 Å². The Morgan fingerprint density at radius 2 is 2.15 bits per heavy atom. The van der Waals surface area contributed by atoms with Crippen LogP contribution in [0, 0.1) is 5.95 Å². The number of nitrogens with one attached hydrogen (secondary N) is 2. The summed E-state index contributed by atoms with van der Waals surface area (Å²) in [5, 5.41) is 5.80. The summed E-state index contributed by atoms with van der Waals surface area (Å²) in [6, 6.07) is 5.96. The quantitative estimate of drug-likeness (QED) is 0.522. The van der Waals surface area contributed by atoms with Gasteiger partial charge in [0.25, 0.3) is 5.91 Å². The van der Waals surface area contributed by atoms with Crippen molar-refractivity contribution in [2.24, 2.45) is 5.73 Å². The second kappa shape index (κ2) is 7.81. The lowest BCUT2D eigenvalue weighted by Gasteiger charge is -2.19. The van der Waals surface area contributed by atoms with E-state index in [1.807, 2.05) is 4.90 Å². The lowest BCUT2D eigenvalue weighted by Crippen LogP contribution is -2.36. The van der Waals surface area contributed by atoms with Gasteiger partial charge in [0.1, 0.15) is 11.6 Å². The Labute approximate surface area is 155 Å². The number of nitrogens with two attached hydrogens (primary N) is 1. The first-order valence-electron chi connectivity index (χ1n) is 8.33. The maximum atomic E-state index is 13.0. The molecule has 2 amide bonds. The summed E-state index contributed by atoms with van der Waals surface area (Å²) in [7, 11) is 0. The van der Waals surface area contributed by atoms with E-state index in [0.717, 1.165) is 6.42 Å². The van der Waals surface area contributed by atoms with Crippen LogP contribution in [0.15, 0.2) is 43.1 Å². The van der Waals surface area contributed by atoms with Gasteiger partial charge in [-0.2, -0.15) is 4.39 Å². The molecule has 1 fully saturated rings. The smallest absolute Gasteiger partial charge is 0.252 e. The van der Waals surface area contributed by atoms with Gasteiger partial charge in [0.15, 0.2) is 0 Å². The third kappa shape index (κ3) is 4.38. The Hall–Kier alpha value is -3.49. The van der Waals surface area contributed by atoms with Gasteiger partial charge in [0.05, 0.1) is 17.4 Å². The lowest BCUT2D eigenvalue weighted by atomic mass is 10.2. The van der Waals surface area contributed by atoms with Crippen LogP contribution in [-0.4, -0.2) is 40.9 Å². The molecule has 9 heteroatoms. The number of amides is 2. The zero-order valence-corrected chi connectivity index (χ0v) is 14.5. The fourth-order valence-corrected chi connectivity index (χ4v) is 2.85. The van der Waals surface area contributed by atoms with Crippen LogP contribution in [0.2, 0.25) is 0 Å². The fourth-order valence-electron chi connectivity index (χ4n) is 2.85. The van der Waals surface area contributed by atoms with Gasteiger partial charge in [-0.25, -0.2) is 9.97 Å². The molecule has 3 heterocycles. The summed E-state index contributed by atoms with van der Waals surface area (Å²) < 4.78 is 13.0. The van der Waals surface area contributed by atoms with Crippen LogP contribution in [-0.2, 0) is 4.79 Å². The number of anilines is 3. The van der Waals surface area contributed by atoms with E-state index in [1.54, 1.807) is 12.1 Å². The maximum Gasteiger partial charge on any atom is 0.252 e. The first-order chi connectivity index (χ1) is 13.0. The molecule has 1 atom stereocenters. The molecule has 0 radical (unpaired) electrons. The minimum Gasteiger partial charge on any atom is -0.365 e. The molecule has 2 aromatic rings. The monoisotopic (exact) mass is 370 g/mol. The number of hydrogen-bond donors (Lipinski definition) is 3. The molecule has 0 aromatic carbocycles. The molecular formula is C18H19FN6O2. The molecule has 2 aromatic heterocycles. The van der Waals surface area contributed by atoms with Crippen LogP contribution >= 0.6 is 0 Å². The zero-order valence-electron chi connectivity index (χ0n) is 14.5. The number of halogens is 1. The highest BCUT2D eigenvalue weighted by molar-refractivity contribution is 5.98. The molecule has 8 nitrogen and oxygen atoms in total. The van der Waals surface area contributed by atoms with E-state index >= 15 is 0 Å². The number of primary amides is 1. The first kappa shape index (κ1) is 18.3. The van der Waals surface area contributed by atoms with Crippen LogP contribution in [0.4, 0.5) is 21.7 Å². The van der Waals surface area contributed by atoms with Gasteiger partial charge in [-0.15, -0.1) is 0 Å². The number of hydrogen-bond acceptors (Lipinski definition) is 6. The second-order valence-electron chi connectivity index (χ2n) is 6.07. The normalized spacial score (nSPS) is 16.0. The van der Waals surface area contributed by atoms with Crippen LogP contribution < -0.4 is 21.3 Å². The summed E-state index contributed by atoms with van der Waals surface area (Å²) in [5.41, 5.74) is 6.10. The van der Waals surface area contributed by atoms with Crippen LogP contribution in [0.5, 0.6) is 0 Å². The van der Waals surface area contributed by atoms with E-state index in [1.165, 1.54) is 24.4 Å². The molecule has 4 N–H and O–H groups in total. The second-order valence-corrected chi connectivity index (χ2v) is 6.07. The number of pyridine rings is 2.